The third-order valence-corrected chi connectivity index (χ3v) is 3.83. The molecular weight excluding hydrogens is 290 g/mol. The number of aryl methyl sites for hydroxylation is 1. The van der Waals surface area contributed by atoms with Crippen molar-refractivity contribution in [3.63, 3.8) is 0 Å². The van der Waals surface area contributed by atoms with Gasteiger partial charge in [0.05, 0.1) is 10.6 Å². The van der Waals surface area contributed by atoms with Gasteiger partial charge in [-0.15, -0.1) is 10.2 Å². The van der Waals surface area contributed by atoms with E-state index in [1.807, 2.05) is 32.0 Å². The van der Waals surface area contributed by atoms with Gasteiger partial charge in [-0.3, -0.25) is 4.40 Å². The summed E-state index contributed by atoms with van der Waals surface area (Å²) in [6, 6.07) is 7.25. The van der Waals surface area contributed by atoms with Crippen LogP contribution in [0.4, 0.5) is 0 Å². The van der Waals surface area contributed by atoms with Crippen LogP contribution in [0.5, 0.6) is 0 Å². The van der Waals surface area contributed by atoms with Crippen molar-refractivity contribution in [1.29, 1.82) is 0 Å². The molecule has 2 heterocycles. The third-order valence-electron chi connectivity index (χ3n) is 3.55. The summed E-state index contributed by atoms with van der Waals surface area (Å²) in [5.74, 6) is -0.462. The fourth-order valence-corrected chi connectivity index (χ4v) is 2.49. The minimum atomic E-state index is -1.04. The summed E-state index contributed by atoms with van der Waals surface area (Å²) in [7, 11) is 0. The molecule has 0 radical (unpaired) electrons. The summed E-state index contributed by atoms with van der Waals surface area (Å²) < 4.78 is 1.62. The van der Waals surface area contributed by atoms with Crippen LogP contribution in [0.2, 0.25) is 5.02 Å². The second-order valence-corrected chi connectivity index (χ2v) is 5.25. The van der Waals surface area contributed by atoms with Crippen LogP contribution in [0, 0.1) is 13.8 Å². The highest BCUT2D eigenvalue weighted by atomic mass is 35.5. The molecule has 0 spiro atoms. The number of aromatic carboxylic acids is 1. The van der Waals surface area contributed by atoms with E-state index in [1.54, 1.807) is 4.40 Å². The van der Waals surface area contributed by atoms with Gasteiger partial charge in [0, 0.05) is 11.8 Å². The van der Waals surface area contributed by atoms with E-state index in [-0.39, 0.29) is 10.6 Å². The van der Waals surface area contributed by atoms with Crippen molar-refractivity contribution in [2.75, 3.05) is 0 Å². The van der Waals surface area contributed by atoms with Crippen molar-refractivity contribution in [1.82, 2.24) is 14.6 Å². The minimum Gasteiger partial charge on any atom is -0.478 e. The van der Waals surface area contributed by atoms with Crippen molar-refractivity contribution < 1.29 is 9.90 Å². The number of carboxylic acid groups (broad SMARTS) is 1. The Hall–Kier alpha value is -2.40. The number of nitrogens with zero attached hydrogens (tertiary/aromatic N) is 3. The van der Waals surface area contributed by atoms with Crippen LogP contribution in [0.1, 0.15) is 21.5 Å². The Balaban J connectivity index is 2.33. The minimum absolute atomic E-state index is 0.0962. The van der Waals surface area contributed by atoms with Crippen LogP contribution >= 0.6 is 11.6 Å². The number of rotatable bonds is 2. The van der Waals surface area contributed by atoms with Gasteiger partial charge in [0.25, 0.3) is 0 Å². The highest BCUT2D eigenvalue weighted by molar-refractivity contribution is 6.33. The van der Waals surface area contributed by atoms with E-state index in [9.17, 15) is 4.79 Å². The van der Waals surface area contributed by atoms with E-state index in [0.29, 0.717) is 11.5 Å². The van der Waals surface area contributed by atoms with Crippen LogP contribution in [-0.4, -0.2) is 25.7 Å². The molecule has 0 aliphatic carbocycles. The first-order chi connectivity index (χ1) is 9.99. The Kier molecular flexibility index (Phi) is 3.14. The van der Waals surface area contributed by atoms with Crippen LogP contribution in [0.3, 0.4) is 0 Å². The molecule has 5 nitrogen and oxygen atoms in total. The van der Waals surface area contributed by atoms with Crippen LogP contribution in [-0.2, 0) is 0 Å². The molecule has 21 heavy (non-hydrogen) atoms. The molecule has 3 aromatic rings. The number of carbonyl (C=O) groups is 1. The third kappa shape index (κ3) is 2.15. The summed E-state index contributed by atoms with van der Waals surface area (Å²) in [4.78, 5) is 11.2. The average Bonchev–Trinajstić information content (AvgIpc) is 2.86. The molecule has 1 aromatic carbocycles. The zero-order valence-corrected chi connectivity index (χ0v) is 12.2. The number of pyridine rings is 1. The van der Waals surface area contributed by atoms with E-state index >= 15 is 0 Å². The second-order valence-electron chi connectivity index (χ2n) is 4.85. The number of carboxylic acids is 1. The lowest BCUT2D eigenvalue weighted by atomic mass is 10.0. The van der Waals surface area contributed by atoms with E-state index in [2.05, 4.69) is 10.2 Å². The molecule has 0 aliphatic rings. The lowest BCUT2D eigenvalue weighted by Gasteiger charge is -2.07. The van der Waals surface area contributed by atoms with Gasteiger partial charge < -0.3 is 5.11 Å². The van der Waals surface area contributed by atoms with Gasteiger partial charge in [0.15, 0.2) is 11.5 Å². The topological polar surface area (TPSA) is 67.5 Å². The van der Waals surface area contributed by atoms with Crippen LogP contribution in [0.25, 0.3) is 17.0 Å². The number of hydrogen-bond acceptors (Lipinski definition) is 3. The number of halogens is 1. The Labute approximate surface area is 125 Å². The molecular formula is C15H12ClN3O2. The molecule has 1 N–H and O–H groups in total. The standard InChI is InChI=1S/C15H12ClN3O2/c1-8-4-3-5-11(9(8)2)13-17-18-14-12(16)6-10(15(20)21)7-19(13)14/h3-7H,1-2H3,(H,20,21). The van der Waals surface area contributed by atoms with Gasteiger partial charge in [0.2, 0.25) is 0 Å². The SMILES string of the molecule is Cc1cccc(-c2nnc3c(Cl)cc(C(=O)O)cn23)c1C. The molecule has 6 heteroatoms. The number of fused-ring (bicyclic) bond motifs is 1. The predicted molar refractivity (Wildman–Crippen MR) is 79.9 cm³/mol. The maximum atomic E-state index is 11.2. The lowest BCUT2D eigenvalue weighted by molar-refractivity contribution is 0.0696. The van der Waals surface area contributed by atoms with Crippen molar-refractivity contribution in [3.05, 3.63) is 52.2 Å². The lowest BCUT2D eigenvalue weighted by Crippen LogP contribution is -2.01. The molecule has 0 saturated heterocycles. The largest absolute Gasteiger partial charge is 0.478 e. The summed E-state index contributed by atoms with van der Waals surface area (Å²) in [5.41, 5.74) is 3.64. The zero-order chi connectivity index (χ0) is 15.1. The molecule has 106 valence electrons. The fourth-order valence-electron chi connectivity index (χ4n) is 2.25. The zero-order valence-electron chi connectivity index (χ0n) is 11.5. The van der Waals surface area contributed by atoms with E-state index in [0.717, 1.165) is 16.7 Å². The van der Waals surface area contributed by atoms with Gasteiger partial charge in [-0.2, -0.15) is 0 Å². The molecule has 0 atom stereocenters. The molecule has 0 fully saturated rings. The molecule has 0 saturated carbocycles. The van der Waals surface area contributed by atoms with E-state index in [1.165, 1.54) is 12.3 Å². The summed E-state index contributed by atoms with van der Waals surface area (Å²) in [5, 5.41) is 17.6. The number of aromatic nitrogens is 3. The fraction of sp³-hybridized carbons (Fsp3) is 0.133. The maximum Gasteiger partial charge on any atom is 0.337 e. The highest BCUT2D eigenvalue weighted by Gasteiger charge is 2.16. The van der Waals surface area contributed by atoms with Crippen molar-refractivity contribution in [2.45, 2.75) is 13.8 Å². The van der Waals surface area contributed by atoms with Crippen molar-refractivity contribution in [2.24, 2.45) is 0 Å². The number of hydrogen-bond donors (Lipinski definition) is 1. The van der Waals surface area contributed by atoms with Crippen molar-refractivity contribution >= 4 is 23.2 Å². The summed E-state index contributed by atoms with van der Waals surface area (Å²) >= 11 is 6.09. The summed E-state index contributed by atoms with van der Waals surface area (Å²) in [6.45, 7) is 4.01. The monoisotopic (exact) mass is 301 g/mol. The molecule has 2 aromatic heterocycles. The molecule has 3 rings (SSSR count). The first kappa shape index (κ1) is 13.6. The molecule has 0 amide bonds. The Morgan fingerprint density at radius 1 is 1.29 bits per heavy atom. The average molecular weight is 302 g/mol. The van der Waals surface area contributed by atoms with Gasteiger partial charge >= 0.3 is 5.97 Å². The van der Waals surface area contributed by atoms with Gasteiger partial charge in [-0.1, -0.05) is 29.8 Å². The molecule has 0 aliphatic heterocycles. The van der Waals surface area contributed by atoms with Crippen LogP contribution in [0.15, 0.2) is 30.5 Å². The molecule has 0 unspecified atom stereocenters. The first-order valence-electron chi connectivity index (χ1n) is 6.33. The van der Waals surface area contributed by atoms with E-state index in [4.69, 9.17) is 16.7 Å². The quantitative estimate of drug-likeness (QED) is 0.788. The Morgan fingerprint density at radius 2 is 2.05 bits per heavy atom. The maximum absolute atomic E-state index is 11.2. The summed E-state index contributed by atoms with van der Waals surface area (Å²) in [6.07, 6.45) is 1.49. The first-order valence-corrected chi connectivity index (χ1v) is 6.71. The highest BCUT2D eigenvalue weighted by Crippen LogP contribution is 2.27. The van der Waals surface area contributed by atoms with E-state index < -0.39 is 5.97 Å². The Bertz CT molecular complexity index is 871. The van der Waals surface area contributed by atoms with Gasteiger partial charge in [-0.25, -0.2) is 4.79 Å². The Morgan fingerprint density at radius 3 is 2.76 bits per heavy atom. The van der Waals surface area contributed by atoms with Gasteiger partial charge in [-0.05, 0) is 31.0 Å². The van der Waals surface area contributed by atoms with Gasteiger partial charge in [0.1, 0.15) is 0 Å². The normalized spacial score (nSPS) is 11.0. The second kappa shape index (κ2) is 4.86. The smallest absolute Gasteiger partial charge is 0.337 e. The predicted octanol–water partition coefficient (Wildman–Crippen LogP) is 3.36. The van der Waals surface area contributed by atoms with Crippen molar-refractivity contribution in [3.8, 4) is 11.4 Å². The molecule has 0 bridgehead atoms. The number of benzene rings is 1. The van der Waals surface area contributed by atoms with Crippen LogP contribution < -0.4 is 0 Å².